The molecule has 2 rings (SSSR count). The first-order chi connectivity index (χ1) is 8.59. The Morgan fingerprint density at radius 2 is 1.78 bits per heavy atom. The van der Waals surface area contributed by atoms with Crippen molar-refractivity contribution < 1.29 is 9.59 Å². The van der Waals surface area contributed by atoms with Crippen LogP contribution in [0.3, 0.4) is 0 Å². The summed E-state index contributed by atoms with van der Waals surface area (Å²) in [5.41, 5.74) is 11.4. The molecule has 1 aliphatic heterocycles. The third kappa shape index (κ3) is 2.83. The number of amides is 2. The molecule has 0 aromatic carbocycles. The highest BCUT2D eigenvalue weighted by molar-refractivity contribution is 5.82. The van der Waals surface area contributed by atoms with Crippen LogP contribution in [0.5, 0.6) is 0 Å². The highest BCUT2D eigenvalue weighted by atomic mass is 16.2. The van der Waals surface area contributed by atoms with Crippen molar-refractivity contribution in [3.63, 3.8) is 0 Å². The van der Waals surface area contributed by atoms with E-state index in [-0.39, 0.29) is 29.7 Å². The Morgan fingerprint density at radius 3 is 2.44 bits per heavy atom. The summed E-state index contributed by atoms with van der Waals surface area (Å²) in [7, 11) is 0. The van der Waals surface area contributed by atoms with E-state index in [1.807, 2.05) is 0 Å². The molecular weight excluding hydrogens is 230 g/mol. The first-order valence-electron chi connectivity index (χ1n) is 6.93. The van der Waals surface area contributed by atoms with Crippen molar-refractivity contribution in [2.75, 3.05) is 13.1 Å². The number of likely N-dealkylation sites (tertiary alicyclic amines) is 1. The lowest BCUT2D eigenvalue weighted by Gasteiger charge is -2.36. The van der Waals surface area contributed by atoms with Gasteiger partial charge in [0, 0.05) is 19.1 Å². The summed E-state index contributed by atoms with van der Waals surface area (Å²) in [6, 6.07) is -0.0137. The second kappa shape index (κ2) is 5.69. The summed E-state index contributed by atoms with van der Waals surface area (Å²) < 4.78 is 0. The molecule has 1 saturated heterocycles. The molecule has 2 amide bonds. The second-order valence-electron chi connectivity index (χ2n) is 5.58. The summed E-state index contributed by atoms with van der Waals surface area (Å²) in [5, 5.41) is 0. The van der Waals surface area contributed by atoms with E-state index < -0.39 is 0 Å². The number of rotatable bonds is 2. The summed E-state index contributed by atoms with van der Waals surface area (Å²) in [5.74, 6) is -0.388. The lowest BCUT2D eigenvalue weighted by molar-refractivity contribution is -0.140. The number of nitrogens with two attached hydrogens (primary N) is 2. The largest absolute Gasteiger partial charge is 0.369 e. The van der Waals surface area contributed by atoms with Crippen molar-refractivity contribution in [2.45, 2.75) is 44.6 Å². The van der Waals surface area contributed by atoms with Crippen molar-refractivity contribution in [3.05, 3.63) is 0 Å². The molecule has 2 aliphatic rings. The molecule has 0 spiro atoms. The van der Waals surface area contributed by atoms with Gasteiger partial charge in [0.1, 0.15) is 0 Å². The Morgan fingerprint density at radius 1 is 1.06 bits per heavy atom. The van der Waals surface area contributed by atoms with Crippen LogP contribution >= 0.6 is 0 Å². The molecule has 0 aromatic rings. The fourth-order valence-electron chi connectivity index (χ4n) is 3.11. The van der Waals surface area contributed by atoms with Gasteiger partial charge in [0.2, 0.25) is 11.8 Å². The minimum Gasteiger partial charge on any atom is -0.369 e. The number of hydrogen-bond acceptors (Lipinski definition) is 3. The van der Waals surface area contributed by atoms with Crippen LogP contribution in [0.15, 0.2) is 0 Å². The summed E-state index contributed by atoms with van der Waals surface area (Å²) in [4.78, 5) is 25.4. The molecular formula is C13H23N3O2. The SMILES string of the molecule is NC(=O)C1CCCN(C(=O)C2CCCCC2N)C1. The van der Waals surface area contributed by atoms with Crippen LogP contribution in [-0.4, -0.2) is 35.8 Å². The molecule has 5 nitrogen and oxygen atoms in total. The van der Waals surface area contributed by atoms with E-state index in [2.05, 4.69) is 0 Å². The molecule has 4 N–H and O–H groups in total. The van der Waals surface area contributed by atoms with Crippen LogP contribution in [0.1, 0.15) is 38.5 Å². The second-order valence-corrected chi connectivity index (χ2v) is 5.58. The Bertz CT molecular complexity index is 332. The van der Waals surface area contributed by atoms with Crippen LogP contribution in [0.4, 0.5) is 0 Å². The average Bonchev–Trinajstić information content (AvgIpc) is 2.38. The van der Waals surface area contributed by atoms with Crippen molar-refractivity contribution in [2.24, 2.45) is 23.3 Å². The predicted molar refractivity (Wildman–Crippen MR) is 68.4 cm³/mol. The summed E-state index contributed by atoms with van der Waals surface area (Å²) >= 11 is 0. The van der Waals surface area contributed by atoms with E-state index in [4.69, 9.17) is 11.5 Å². The van der Waals surface area contributed by atoms with Crippen molar-refractivity contribution >= 4 is 11.8 Å². The van der Waals surface area contributed by atoms with Gasteiger partial charge in [-0.2, -0.15) is 0 Å². The first-order valence-corrected chi connectivity index (χ1v) is 6.93. The Balaban J connectivity index is 1.97. The number of nitrogens with zero attached hydrogens (tertiary/aromatic N) is 1. The number of piperidine rings is 1. The molecule has 3 atom stereocenters. The molecule has 0 aromatic heterocycles. The van der Waals surface area contributed by atoms with Crippen molar-refractivity contribution in [1.29, 1.82) is 0 Å². The molecule has 3 unspecified atom stereocenters. The highest BCUT2D eigenvalue weighted by Crippen LogP contribution is 2.27. The predicted octanol–water partition coefficient (Wildman–Crippen LogP) is 0.228. The molecule has 1 aliphatic carbocycles. The van der Waals surface area contributed by atoms with Crippen LogP contribution in [0.25, 0.3) is 0 Å². The van der Waals surface area contributed by atoms with Crippen LogP contribution in [0, 0.1) is 11.8 Å². The van der Waals surface area contributed by atoms with Crippen molar-refractivity contribution in [1.82, 2.24) is 4.90 Å². The third-order valence-electron chi connectivity index (χ3n) is 4.27. The molecule has 5 heteroatoms. The number of hydrogen-bond donors (Lipinski definition) is 2. The maximum absolute atomic E-state index is 12.4. The quantitative estimate of drug-likeness (QED) is 0.738. The molecule has 0 bridgehead atoms. The van der Waals surface area contributed by atoms with Gasteiger partial charge >= 0.3 is 0 Å². The van der Waals surface area contributed by atoms with Crippen LogP contribution < -0.4 is 11.5 Å². The molecule has 2 fully saturated rings. The summed E-state index contributed by atoms with van der Waals surface area (Å²) in [6.45, 7) is 1.23. The Hall–Kier alpha value is -1.10. The molecule has 18 heavy (non-hydrogen) atoms. The normalized spacial score (nSPS) is 33.2. The Labute approximate surface area is 108 Å². The molecule has 102 valence electrons. The van der Waals surface area contributed by atoms with Gasteiger partial charge in [0.25, 0.3) is 0 Å². The zero-order valence-electron chi connectivity index (χ0n) is 10.8. The summed E-state index contributed by atoms with van der Waals surface area (Å²) in [6.07, 6.45) is 5.68. The molecule has 0 radical (unpaired) electrons. The van der Waals surface area contributed by atoms with Gasteiger partial charge in [-0.3, -0.25) is 9.59 Å². The minimum atomic E-state index is -0.291. The van der Waals surface area contributed by atoms with Crippen molar-refractivity contribution in [3.8, 4) is 0 Å². The fourth-order valence-corrected chi connectivity index (χ4v) is 3.11. The number of carbonyl (C=O) groups excluding carboxylic acids is 2. The van der Waals surface area contributed by atoms with Gasteiger partial charge in [0.05, 0.1) is 11.8 Å². The smallest absolute Gasteiger partial charge is 0.227 e. The zero-order valence-corrected chi connectivity index (χ0v) is 10.8. The van der Waals surface area contributed by atoms with E-state index in [0.717, 1.165) is 45.1 Å². The van der Waals surface area contributed by atoms with Gasteiger partial charge in [-0.1, -0.05) is 12.8 Å². The molecule has 1 heterocycles. The topological polar surface area (TPSA) is 89.4 Å². The monoisotopic (exact) mass is 253 g/mol. The fraction of sp³-hybridized carbons (Fsp3) is 0.846. The first kappa shape index (κ1) is 13.3. The maximum Gasteiger partial charge on any atom is 0.227 e. The van der Waals surface area contributed by atoms with Gasteiger partial charge in [-0.05, 0) is 25.7 Å². The standard InChI is InChI=1S/C13H23N3O2/c14-11-6-2-1-5-10(11)13(18)16-7-3-4-9(8-16)12(15)17/h9-11H,1-8,14H2,(H2,15,17). The van der Waals surface area contributed by atoms with E-state index in [9.17, 15) is 9.59 Å². The van der Waals surface area contributed by atoms with E-state index in [1.54, 1.807) is 4.90 Å². The van der Waals surface area contributed by atoms with Crippen LogP contribution in [0.2, 0.25) is 0 Å². The lowest BCUT2D eigenvalue weighted by atomic mass is 9.83. The molecule has 1 saturated carbocycles. The van der Waals surface area contributed by atoms with Crippen LogP contribution in [-0.2, 0) is 9.59 Å². The van der Waals surface area contributed by atoms with E-state index in [1.165, 1.54) is 0 Å². The Kier molecular flexibility index (Phi) is 4.22. The van der Waals surface area contributed by atoms with Gasteiger partial charge < -0.3 is 16.4 Å². The van der Waals surface area contributed by atoms with Gasteiger partial charge in [-0.15, -0.1) is 0 Å². The maximum atomic E-state index is 12.4. The average molecular weight is 253 g/mol. The van der Waals surface area contributed by atoms with E-state index in [0.29, 0.717) is 6.54 Å². The minimum absolute atomic E-state index is 0.0137. The van der Waals surface area contributed by atoms with E-state index >= 15 is 0 Å². The zero-order chi connectivity index (χ0) is 13.1. The van der Waals surface area contributed by atoms with Gasteiger partial charge in [-0.25, -0.2) is 0 Å². The number of primary amides is 1. The lowest BCUT2D eigenvalue weighted by Crippen LogP contribution is -2.50. The van der Waals surface area contributed by atoms with Gasteiger partial charge in [0.15, 0.2) is 0 Å². The number of carbonyl (C=O) groups is 2. The highest BCUT2D eigenvalue weighted by Gasteiger charge is 2.34. The third-order valence-corrected chi connectivity index (χ3v) is 4.27.